The van der Waals surface area contributed by atoms with Crippen LogP contribution in [-0.2, 0) is 13.2 Å². The Bertz CT molecular complexity index is 1450. The molecule has 164 valence electrons. The number of aromatic nitrogens is 2. The van der Waals surface area contributed by atoms with E-state index in [2.05, 4.69) is 29.3 Å². The lowest BCUT2D eigenvalue weighted by atomic mass is 9.90. The van der Waals surface area contributed by atoms with Gasteiger partial charge in [0.15, 0.2) is 0 Å². The van der Waals surface area contributed by atoms with Crippen LogP contribution in [0.5, 0.6) is 11.8 Å². The van der Waals surface area contributed by atoms with E-state index in [1.54, 1.807) is 0 Å². The van der Waals surface area contributed by atoms with Crippen molar-refractivity contribution in [1.29, 1.82) is 5.26 Å². The van der Waals surface area contributed by atoms with Gasteiger partial charge in [-0.25, -0.2) is 0 Å². The average molecular weight is 456 g/mol. The molecule has 1 aliphatic rings. The van der Waals surface area contributed by atoms with E-state index in [0.717, 1.165) is 44.6 Å². The maximum atomic E-state index is 9.68. The lowest BCUT2D eigenvalue weighted by molar-refractivity contribution is 0.301. The summed E-state index contributed by atoms with van der Waals surface area (Å²) in [7, 11) is 0. The topological polar surface area (TPSA) is 60.1 Å². The highest BCUT2D eigenvalue weighted by Crippen LogP contribution is 2.39. The van der Waals surface area contributed by atoms with E-state index in [1.165, 1.54) is 0 Å². The van der Waals surface area contributed by atoms with E-state index >= 15 is 0 Å². The van der Waals surface area contributed by atoms with Crippen molar-refractivity contribution in [3.05, 3.63) is 93.5 Å². The van der Waals surface area contributed by atoms with E-state index in [9.17, 15) is 5.26 Å². The van der Waals surface area contributed by atoms with Gasteiger partial charge in [0, 0.05) is 16.7 Å². The van der Waals surface area contributed by atoms with E-state index in [4.69, 9.17) is 21.1 Å². The number of fused-ring (bicyclic) bond motifs is 3. The van der Waals surface area contributed by atoms with Crippen molar-refractivity contribution in [2.45, 2.75) is 27.0 Å². The third-order valence-electron chi connectivity index (χ3n) is 5.83. The summed E-state index contributed by atoms with van der Waals surface area (Å²) < 4.78 is 14.0. The van der Waals surface area contributed by atoms with Gasteiger partial charge >= 0.3 is 0 Å². The summed E-state index contributed by atoms with van der Waals surface area (Å²) >= 11 is 6.38. The van der Waals surface area contributed by atoms with Crippen LogP contribution < -0.4 is 9.47 Å². The second kappa shape index (κ2) is 8.65. The van der Waals surface area contributed by atoms with Crippen LogP contribution in [0.1, 0.15) is 36.1 Å². The van der Waals surface area contributed by atoms with E-state index in [1.807, 2.05) is 60.9 Å². The van der Waals surface area contributed by atoms with E-state index in [-0.39, 0.29) is 0 Å². The molecule has 0 amide bonds. The van der Waals surface area contributed by atoms with Gasteiger partial charge < -0.3 is 9.47 Å². The molecule has 3 aromatic carbocycles. The standard InChI is InChI=1S/C27H22ClN3O2/c1-3-32-27-30-26-22(28)8-6-9-23(26)31(27)15-18-11-12-20-19(13-18)16-33-24-10-5-4-7-21(24)25(20)17(2)14-29/h4-13H,3,15-16H2,1-2H3. The van der Waals surface area contributed by atoms with Gasteiger partial charge in [0.05, 0.1) is 29.8 Å². The first-order chi connectivity index (χ1) is 16.1. The molecule has 0 aliphatic carbocycles. The second-order valence-corrected chi connectivity index (χ2v) is 8.32. The molecule has 0 bridgehead atoms. The van der Waals surface area contributed by atoms with Gasteiger partial charge in [0.25, 0.3) is 6.01 Å². The number of hydrogen-bond acceptors (Lipinski definition) is 4. The molecular weight excluding hydrogens is 434 g/mol. The molecule has 0 N–H and O–H groups in total. The lowest BCUT2D eigenvalue weighted by Gasteiger charge is -2.14. The van der Waals surface area contributed by atoms with Gasteiger partial charge in [0.1, 0.15) is 17.9 Å². The Balaban J connectivity index is 1.60. The average Bonchev–Trinajstić information content (AvgIpc) is 3.08. The Kier molecular flexibility index (Phi) is 5.53. The predicted octanol–water partition coefficient (Wildman–Crippen LogP) is 6.37. The molecule has 1 aliphatic heterocycles. The van der Waals surface area contributed by atoms with Crippen molar-refractivity contribution in [2.75, 3.05) is 6.61 Å². The number of para-hydroxylation sites is 2. The first-order valence-corrected chi connectivity index (χ1v) is 11.2. The summed E-state index contributed by atoms with van der Waals surface area (Å²) in [6.45, 7) is 5.30. The first kappa shape index (κ1) is 21.1. The van der Waals surface area contributed by atoms with Gasteiger partial charge in [-0.1, -0.05) is 48.0 Å². The summed E-state index contributed by atoms with van der Waals surface area (Å²) in [6, 6.07) is 22.8. The highest BCUT2D eigenvalue weighted by Gasteiger charge is 2.22. The van der Waals surface area contributed by atoms with Crippen LogP contribution in [0.15, 0.2) is 66.2 Å². The summed E-state index contributed by atoms with van der Waals surface area (Å²) in [5.41, 5.74) is 7.31. The number of imidazole rings is 1. The third-order valence-corrected chi connectivity index (χ3v) is 6.14. The molecule has 4 aromatic rings. The van der Waals surface area contributed by atoms with Crippen molar-refractivity contribution < 1.29 is 9.47 Å². The molecule has 0 spiro atoms. The summed E-state index contributed by atoms with van der Waals surface area (Å²) in [5.74, 6) is 0.786. The van der Waals surface area contributed by atoms with Crippen LogP contribution in [-0.4, -0.2) is 16.2 Å². The zero-order chi connectivity index (χ0) is 22.9. The normalized spacial score (nSPS) is 14.0. The van der Waals surface area contributed by atoms with Crippen LogP contribution in [0.2, 0.25) is 5.02 Å². The molecule has 0 fully saturated rings. The minimum Gasteiger partial charge on any atom is -0.488 e. The Hall–Kier alpha value is -3.75. The lowest BCUT2D eigenvalue weighted by Crippen LogP contribution is -2.06. The van der Waals surface area contributed by atoms with Crippen LogP contribution >= 0.6 is 11.6 Å². The number of ether oxygens (including phenoxy) is 2. The zero-order valence-electron chi connectivity index (χ0n) is 18.4. The van der Waals surface area contributed by atoms with Gasteiger partial charge in [-0.15, -0.1) is 0 Å². The molecule has 1 aromatic heterocycles. The number of rotatable bonds is 4. The minimum absolute atomic E-state index is 0.428. The number of benzene rings is 3. The Morgan fingerprint density at radius 2 is 2.00 bits per heavy atom. The molecule has 33 heavy (non-hydrogen) atoms. The highest BCUT2D eigenvalue weighted by atomic mass is 35.5. The van der Waals surface area contributed by atoms with Gasteiger partial charge in [-0.3, -0.25) is 4.57 Å². The van der Waals surface area contributed by atoms with Crippen molar-refractivity contribution in [1.82, 2.24) is 9.55 Å². The third kappa shape index (κ3) is 3.73. The Labute approximate surface area is 197 Å². The fraction of sp³-hybridized carbons (Fsp3) is 0.185. The maximum Gasteiger partial charge on any atom is 0.297 e. The molecule has 2 heterocycles. The summed E-state index contributed by atoms with van der Waals surface area (Å²) in [5, 5.41) is 10.3. The van der Waals surface area contributed by atoms with E-state index in [0.29, 0.717) is 36.4 Å². The monoisotopic (exact) mass is 455 g/mol. The maximum absolute atomic E-state index is 9.68. The van der Waals surface area contributed by atoms with Crippen LogP contribution in [0.4, 0.5) is 0 Å². The minimum atomic E-state index is 0.428. The largest absolute Gasteiger partial charge is 0.488 e. The zero-order valence-corrected chi connectivity index (χ0v) is 19.2. The molecule has 0 saturated carbocycles. The molecule has 0 radical (unpaired) electrons. The first-order valence-electron chi connectivity index (χ1n) is 10.8. The number of hydrogen-bond donors (Lipinski definition) is 0. The van der Waals surface area contributed by atoms with Crippen LogP contribution in [0, 0.1) is 11.3 Å². The van der Waals surface area contributed by atoms with Crippen molar-refractivity contribution in [3.8, 4) is 17.8 Å². The van der Waals surface area contributed by atoms with Crippen LogP contribution in [0.3, 0.4) is 0 Å². The summed E-state index contributed by atoms with van der Waals surface area (Å²) in [6.07, 6.45) is 0. The fourth-order valence-electron chi connectivity index (χ4n) is 4.33. The van der Waals surface area contributed by atoms with Gasteiger partial charge in [0.2, 0.25) is 0 Å². The molecule has 5 nitrogen and oxygen atoms in total. The van der Waals surface area contributed by atoms with Gasteiger partial charge in [-0.05, 0) is 54.8 Å². The van der Waals surface area contributed by atoms with E-state index < -0.39 is 0 Å². The molecule has 6 heteroatoms. The SMILES string of the molecule is CCOc1nc2c(Cl)cccc2n1Cc1ccc2c(c1)COc1ccccc1C2=C(C)C#N. The smallest absolute Gasteiger partial charge is 0.297 e. The Morgan fingerprint density at radius 3 is 2.82 bits per heavy atom. The fourth-order valence-corrected chi connectivity index (χ4v) is 4.55. The quantitative estimate of drug-likeness (QED) is 0.335. The second-order valence-electron chi connectivity index (χ2n) is 7.91. The number of nitriles is 1. The molecule has 0 saturated heterocycles. The van der Waals surface area contributed by atoms with Gasteiger partial charge in [-0.2, -0.15) is 10.2 Å². The molecular formula is C27H22ClN3O2. The number of nitrogens with zero attached hydrogens (tertiary/aromatic N) is 3. The molecule has 5 rings (SSSR count). The van der Waals surface area contributed by atoms with Crippen molar-refractivity contribution in [2.24, 2.45) is 0 Å². The Morgan fingerprint density at radius 1 is 1.15 bits per heavy atom. The predicted molar refractivity (Wildman–Crippen MR) is 130 cm³/mol. The van der Waals surface area contributed by atoms with Crippen molar-refractivity contribution in [3.63, 3.8) is 0 Å². The number of halogens is 1. The molecule has 0 atom stereocenters. The summed E-state index contributed by atoms with van der Waals surface area (Å²) in [4.78, 5) is 4.61. The highest BCUT2D eigenvalue weighted by molar-refractivity contribution is 6.34. The van der Waals surface area contributed by atoms with Crippen molar-refractivity contribution >= 4 is 28.2 Å². The molecule has 0 unspecified atom stereocenters. The van der Waals surface area contributed by atoms with Crippen LogP contribution in [0.25, 0.3) is 16.6 Å². The number of allylic oxidation sites excluding steroid dienone is 1.